The third-order valence-corrected chi connectivity index (χ3v) is 3.27. The molecule has 1 aliphatic heterocycles. The summed E-state index contributed by atoms with van der Waals surface area (Å²) in [4.78, 5) is 13.1. The fourth-order valence-electron chi connectivity index (χ4n) is 2.42. The minimum absolute atomic E-state index is 0.390. The lowest BCUT2D eigenvalue weighted by molar-refractivity contribution is -0.141. The van der Waals surface area contributed by atoms with Crippen molar-refractivity contribution in [1.29, 1.82) is 0 Å². The van der Waals surface area contributed by atoms with E-state index in [0.717, 1.165) is 17.0 Å². The van der Waals surface area contributed by atoms with Crippen LogP contribution in [0.1, 0.15) is 5.56 Å². The van der Waals surface area contributed by atoms with Crippen molar-refractivity contribution in [3.63, 3.8) is 0 Å². The zero-order valence-corrected chi connectivity index (χ0v) is 10.8. The summed E-state index contributed by atoms with van der Waals surface area (Å²) in [5, 5.41) is 9.15. The number of rotatable bonds is 3. The number of carboxylic acids is 1. The van der Waals surface area contributed by atoms with Gasteiger partial charge in [-0.15, -0.1) is 0 Å². The van der Waals surface area contributed by atoms with Crippen LogP contribution in [0.4, 0.5) is 5.69 Å². The van der Waals surface area contributed by atoms with Crippen molar-refractivity contribution in [2.45, 2.75) is 6.42 Å². The van der Waals surface area contributed by atoms with Gasteiger partial charge in [0.25, 0.3) is 0 Å². The van der Waals surface area contributed by atoms with Gasteiger partial charge in [-0.1, -0.05) is 0 Å². The first-order chi connectivity index (χ1) is 8.56. The number of hydrogen-bond donors (Lipinski definition) is 1. The molecule has 0 spiro atoms. The number of anilines is 1. The summed E-state index contributed by atoms with van der Waals surface area (Å²) >= 11 is 0. The van der Waals surface area contributed by atoms with E-state index in [0.29, 0.717) is 18.7 Å². The number of carbonyl (C=O) groups is 1. The Bertz CT molecular complexity index is 472. The van der Waals surface area contributed by atoms with Gasteiger partial charge >= 0.3 is 5.97 Å². The Balaban J connectivity index is 2.48. The average molecular weight is 251 g/mol. The molecule has 0 fully saturated rings. The van der Waals surface area contributed by atoms with Crippen LogP contribution in [0.15, 0.2) is 12.1 Å². The normalized spacial score (nSPS) is 18.2. The summed E-state index contributed by atoms with van der Waals surface area (Å²) in [6.07, 6.45) is 0.503. The Hall–Kier alpha value is -1.91. The quantitative estimate of drug-likeness (QED) is 0.880. The second-order valence-electron chi connectivity index (χ2n) is 4.46. The summed E-state index contributed by atoms with van der Waals surface area (Å²) in [7, 11) is 5.07. The number of nitrogens with zero attached hydrogens (tertiary/aromatic N) is 1. The van der Waals surface area contributed by atoms with Crippen LogP contribution in [0.3, 0.4) is 0 Å². The van der Waals surface area contributed by atoms with E-state index in [1.807, 2.05) is 24.1 Å². The Morgan fingerprint density at radius 1 is 1.39 bits per heavy atom. The van der Waals surface area contributed by atoms with Crippen molar-refractivity contribution in [1.82, 2.24) is 0 Å². The van der Waals surface area contributed by atoms with Gasteiger partial charge in [0, 0.05) is 19.7 Å². The van der Waals surface area contributed by atoms with E-state index in [1.165, 1.54) is 0 Å². The van der Waals surface area contributed by atoms with E-state index in [2.05, 4.69) is 0 Å². The van der Waals surface area contributed by atoms with Crippen molar-refractivity contribution in [2.24, 2.45) is 5.92 Å². The van der Waals surface area contributed by atoms with Gasteiger partial charge < -0.3 is 19.5 Å². The Labute approximate surface area is 106 Å². The minimum Gasteiger partial charge on any atom is -0.497 e. The van der Waals surface area contributed by atoms with Gasteiger partial charge in [-0.3, -0.25) is 4.79 Å². The van der Waals surface area contributed by atoms with Crippen molar-refractivity contribution in [3.05, 3.63) is 17.7 Å². The van der Waals surface area contributed by atoms with Gasteiger partial charge in [0.05, 0.1) is 25.8 Å². The fraction of sp³-hybridized carbons (Fsp3) is 0.462. The monoisotopic (exact) mass is 251 g/mol. The number of ether oxygens (including phenoxy) is 2. The Morgan fingerprint density at radius 3 is 2.67 bits per heavy atom. The Kier molecular flexibility index (Phi) is 3.32. The molecular formula is C13H17NO4. The smallest absolute Gasteiger partial charge is 0.308 e. The highest BCUT2D eigenvalue weighted by Gasteiger charge is 2.30. The molecule has 98 valence electrons. The number of carboxylic acid groups (broad SMARTS) is 1. The highest BCUT2D eigenvalue weighted by Crippen LogP contribution is 2.40. The molecule has 1 aliphatic rings. The van der Waals surface area contributed by atoms with E-state index >= 15 is 0 Å². The van der Waals surface area contributed by atoms with Crippen molar-refractivity contribution in [3.8, 4) is 11.5 Å². The molecule has 0 radical (unpaired) electrons. The largest absolute Gasteiger partial charge is 0.497 e. The van der Waals surface area contributed by atoms with Gasteiger partial charge in [-0.05, 0) is 18.1 Å². The van der Waals surface area contributed by atoms with Crippen LogP contribution < -0.4 is 14.4 Å². The Morgan fingerprint density at radius 2 is 2.11 bits per heavy atom. The summed E-state index contributed by atoms with van der Waals surface area (Å²) in [5.41, 5.74) is 1.91. The maximum Gasteiger partial charge on any atom is 0.308 e. The minimum atomic E-state index is -0.769. The maximum atomic E-state index is 11.1. The number of aliphatic carboxylic acids is 1. The lowest BCUT2D eigenvalue weighted by atomic mass is 9.92. The van der Waals surface area contributed by atoms with Gasteiger partial charge in [-0.25, -0.2) is 0 Å². The third kappa shape index (κ3) is 2.08. The predicted molar refractivity (Wildman–Crippen MR) is 67.6 cm³/mol. The number of hydrogen-bond acceptors (Lipinski definition) is 4. The van der Waals surface area contributed by atoms with Crippen LogP contribution in [-0.2, 0) is 11.2 Å². The topological polar surface area (TPSA) is 59.0 Å². The SMILES string of the molecule is COc1cc2c(c(OC)c1)N(C)CC(C(=O)O)C2. The van der Waals surface area contributed by atoms with Gasteiger partial charge in [0.15, 0.2) is 0 Å². The molecule has 0 aliphatic carbocycles. The van der Waals surface area contributed by atoms with Crippen molar-refractivity contribution in [2.75, 3.05) is 32.7 Å². The molecule has 1 heterocycles. The molecule has 0 aromatic heterocycles. The van der Waals surface area contributed by atoms with E-state index in [4.69, 9.17) is 14.6 Å². The molecule has 1 aromatic rings. The number of benzene rings is 1. The predicted octanol–water partition coefficient (Wildman–Crippen LogP) is 1.40. The third-order valence-electron chi connectivity index (χ3n) is 3.27. The molecule has 18 heavy (non-hydrogen) atoms. The van der Waals surface area contributed by atoms with Gasteiger partial charge in [0.1, 0.15) is 11.5 Å². The van der Waals surface area contributed by atoms with Gasteiger partial charge in [-0.2, -0.15) is 0 Å². The molecule has 1 atom stereocenters. The van der Waals surface area contributed by atoms with Crippen molar-refractivity contribution < 1.29 is 19.4 Å². The fourth-order valence-corrected chi connectivity index (χ4v) is 2.42. The van der Waals surface area contributed by atoms with Crippen molar-refractivity contribution >= 4 is 11.7 Å². The molecule has 0 saturated carbocycles. The second kappa shape index (κ2) is 4.76. The number of methoxy groups -OCH3 is 2. The van der Waals surface area contributed by atoms with E-state index in [1.54, 1.807) is 14.2 Å². The molecule has 0 saturated heterocycles. The van der Waals surface area contributed by atoms with Gasteiger partial charge in [0.2, 0.25) is 0 Å². The van der Waals surface area contributed by atoms with Crippen LogP contribution in [0.2, 0.25) is 0 Å². The standard InChI is InChI=1S/C13H17NO4/c1-14-7-9(13(15)16)4-8-5-10(17-2)6-11(18-3)12(8)14/h5-6,9H,4,7H2,1-3H3,(H,15,16). The maximum absolute atomic E-state index is 11.1. The van der Waals surface area contributed by atoms with Crippen LogP contribution in [0.5, 0.6) is 11.5 Å². The highest BCUT2D eigenvalue weighted by molar-refractivity contribution is 5.76. The van der Waals surface area contributed by atoms with E-state index in [-0.39, 0.29) is 5.92 Å². The molecule has 5 heteroatoms. The summed E-state index contributed by atoms with van der Waals surface area (Å²) in [5.74, 6) is 0.245. The first kappa shape index (κ1) is 12.5. The zero-order valence-electron chi connectivity index (χ0n) is 10.8. The molecule has 1 N–H and O–H groups in total. The zero-order chi connectivity index (χ0) is 13.3. The van der Waals surface area contributed by atoms with Crippen LogP contribution in [-0.4, -0.2) is 38.9 Å². The van der Waals surface area contributed by atoms with E-state index < -0.39 is 5.97 Å². The summed E-state index contributed by atoms with van der Waals surface area (Å²) in [6.45, 7) is 0.491. The lowest BCUT2D eigenvalue weighted by Gasteiger charge is -2.33. The number of fused-ring (bicyclic) bond motifs is 1. The molecule has 5 nitrogen and oxygen atoms in total. The summed E-state index contributed by atoms with van der Waals surface area (Å²) in [6, 6.07) is 3.69. The second-order valence-corrected chi connectivity index (χ2v) is 4.46. The molecular weight excluding hydrogens is 234 g/mol. The molecule has 0 amide bonds. The molecule has 0 bridgehead atoms. The van der Waals surface area contributed by atoms with Crippen LogP contribution in [0, 0.1) is 5.92 Å². The molecule has 1 unspecified atom stereocenters. The highest BCUT2D eigenvalue weighted by atomic mass is 16.5. The average Bonchev–Trinajstić information content (AvgIpc) is 2.36. The summed E-state index contributed by atoms with van der Waals surface area (Å²) < 4.78 is 10.6. The first-order valence-electron chi connectivity index (χ1n) is 5.75. The van der Waals surface area contributed by atoms with Crippen LogP contribution in [0.25, 0.3) is 0 Å². The first-order valence-corrected chi connectivity index (χ1v) is 5.75. The van der Waals surface area contributed by atoms with E-state index in [9.17, 15) is 4.79 Å². The molecule has 2 rings (SSSR count). The molecule has 1 aromatic carbocycles. The lowest BCUT2D eigenvalue weighted by Crippen LogP contribution is -2.36. The van der Waals surface area contributed by atoms with Crippen LogP contribution >= 0.6 is 0 Å².